The van der Waals surface area contributed by atoms with E-state index in [9.17, 15) is 9.59 Å². The van der Waals surface area contributed by atoms with Crippen LogP contribution in [0.15, 0.2) is 65.3 Å². The quantitative estimate of drug-likeness (QED) is 0.595. The summed E-state index contributed by atoms with van der Waals surface area (Å²) in [6.07, 6.45) is 0.772. The summed E-state index contributed by atoms with van der Waals surface area (Å²) in [5.41, 5.74) is 1.61. The molecule has 2 aromatic carbocycles. The molecule has 2 amide bonds. The van der Waals surface area contributed by atoms with Gasteiger partial charge >= 0.3 is 0 Å². The number of hydrogen-bond donors (Lipinski definition) is 2. The van der Waals surface area contributed by atoms with E-state index in [0.29, 0.717) is 27.8 Å². The Balaban J connectivity index is 1.65. The maximum absolute atomic E-state index is 12.6. The van der Waals surface area contributed by atoms with Crippen LogP contribution < -0.4 is 15.4 Å². The number of anilines is 1. The lowest BCUT2D eigenvalue weighted by atomic mass is 10.1. The van der Waals surface area contributed by atoms with Crippen LogP contribution in [0.25, 0.3) is 0 Å². The van der Waals surface area contributed by atoms with Crippen molar-refractivity contribution in [3.8, 4) is 5.75 Å². The highest BCUT2D eigenvalue weighted by Crippen LogP contribution is 2.22. The summed E-state index contributed by atoms with van der Waals surface area (Å²) in [4.78, 5) is 25.1. The number of halogens is 1. The van der Waals surface area contributed by atoms with E-state index < -0.39 is 6.10 Å². The molecular formula is C22H21ClN2O4. The van der Waals surface area contributed by atoms with Gasteiger partial charge in [0.05, 0.1) is 24.1 Å². The third-order valence-corrected chi connectivity index (χ3v) is 4.67. The van der Waals surface area contributed by atoms with Gasteiger partial charge in [-0.1, -0.05) is 23.7 Å². The zero-order valence-electron chi connectivity index (χ0n) is 16.1. The molecule has 150 valence electrons. The Hall–Kier alpha value is -3.25. The standard InChI is InChI=1S/C22H21ClN2O4/c1-14-12-16(9-10-19(14)23)29-15(2)21(26)25-20-8-4-3-7-18(20)22(27)24-13-17-6-5-11-28-17/h3-12,15H,13H2,1-2H3,(H,24,27)(H,25,26). The van der Waals surface area contributed by atoms with Gasteiger partial charge in [-0.15, -0.1) is 0 Å². The predicted octanol–water partition coefficient (Wildman–Crippen LogP) is 4.58. The van der Waals surface area contributed by atoms with Gasteiger partial charge in [-0.3, -0.25) is 9.59 Å². The Morgan fingerprint density at radius 1 is 1.14 bits per heavy atom. The molecule has 3 aromatic rings. The molecule has 7 heteroatoms. The minimum absolute atomic E-state index is 0.254. The van der Waals surface area contributed by atoms with E-state index in [2.05, 4.69) is 10.6 Å². The SMILES string of the molecule is Cc1cc(OC(C)C(=O)Nc2ccccc2C(=O)NCc2ccco2)ccc1Cl. The van der Waals surface area contributed by atoms with Crippen LogP contribution in [0.2, 0.25) is 5.02 Å². The number of aryl methyl sites for hydroxylation is 1. The average molecular weight is 413 g/mol. The summed E-state index contributed by atoms with van der Waals surface area (Å²) in [6.45, 7) is 3.75. The zero-order valence-corrected chi connectivity index (χ0v) is 16.8. The smallest absolute Gasteiger partial charge is 0.265 e. The van der Waals surface area contributed by atoms with Gasteiger partial charge in [0.2, 0.25) is 0 Å². The molecule has 1 unspecified atom stereocenters. The van der Waals surface area contributed by atoms with Crippen LogP contribution in [0.1, 0.15) is 28.6 Å². The normalized spacial score (nSPS) is 11.6. The molecule has 0 aliphatic heterocycles. The first-order valence-electron chi connectivity index (χ1n) is 9.07. The number of carbonyl (C=O) groups excluding carboxylic acids is 2. The van der Waals surface area contributed by atoms with E-state index in [1.54, 1.807) is 67.8 Å². The van der Waals surface area contributed by atoms with Crippen molar-refractivity contribution in [1.29, 1.82) is 0 Å². The van der Waals surface area contributed by atoms with E-state index in [4.69, 9.17) is 20.8 Å². The second kappa shape index (κ2) is 9.30. The van der Waals surface area contributed by atoms with Gasteiger partial charge < -0.3 is 19.8 Å². The molecular weight excluding hydrogens is 392 g/mol. The van der Waals surface area contributed by atoms with Crippen LogP contribution >= 0.6 is 11.6 Å². The molecule has 1 heterocycles. The summed E-state index contributed by atoms with van der Waals surface area (Å²) in [5, 5.41) is 6.15. The number of furan rings is 1. The third-order valence-electron chi connectivity index (χ3n) is 4.24. The number of rotatable bonds is 7. The van der Waals surface area contributed by atoms with Crippen molar-refractivity contribution < 1.29 is 18.7 Å². The van der Waals surface area contributed by atoms with E-state index >= 15 is 0 Å². The lowest BCUT2D eigenvalue weighted by Gasteiger charge is -2.17. The van der Waals surface area contributed by atoms with E-state index in [1.165, 1.54) is 0 Å². The highest BCUT2D eigenvalue weighted by molar-refractivity contribution is 6.31. The molecule has 0 aliphatic rings. The van der Waals surface area contributed by atoms with Crippen LogP contribution in [0.5, 0.6) is 5.75 Å². The molecule has 2 N–H and O–H groups in total. The van der Waals surface area contributed by atoms with Gasteiger partial charge in [-0.25, -0.2) is 0 Å². The molecule has 6 nitrogen and oxygen atoms in total. The van der Waals surface area contributed by atoms with Crippen LogP contribution in [-0.4, -0.2) is 17.9 Å². The molecule has 0 bridgehead atoms. The second-order valence-corrected chi connectivity index (χ2v) is 6.88. The molecule has 0 saturated heterocycles. The van der Waals surface area contributed by atoms with Crippen molar-refractivity contribution in [2.45, 2.75) is 26.5 Å². The van der Waals surface area contributed by atoms with Gasteiger partial charge in [-0.2, -0.15) is 0 Å². The van der Waals surface area contributed by atoms with Crippen molar-refractivity contribution in [1.82, 2.24) is 5.32 Å². The molecule has 0 saturated carbocycles. The Morgan fingerprint density at radius 3 is 2.66 bits per heavy atom. The average Bonchev–Trinajstić information content (AvgIpc) is 3.23. The highest BCUT2D eigenvalue weighted by atomic mass is 35.5. The number of nitrogens with one attached hydrogen (secondary N) is 2. The van der Waals surface area contributed by atoms with Crippen molar-refractivity contribution in [2.24, 2.45) is 0 Å². The number of hydrogen-bond acceptors (Lipinski definition) is 4. The minimum atomic E-state index is -0.769. The fraction of sp³-hybridized carbons (Fsp3) is 0.182. The van der Waals surface area contributed by atoms with Gasteiger partial charge in [0, 0.05) is 5.02 Å². The largest absolute Gasteiger partial charge is 0.481 e. The van der Waals surface area contributed by atoms with Gasteiger partial charge in [0.1, 0.15) is 11.5 Å². The fourth-order valence-corrected chi connectivity index (χ4v) is 2.77. The first-order valence-corrected chi connectivity index (χ1v) is 9.45. The summed E-state index contributed by atoms with van der Waals surface area (Å²) in [7, 11) is 0. The maximum atomic E-state index is 12.6. The van der Waals surface area contributed by atoms with Crippen molar-refractivity contribution in [2.75, 3.05) is 5.32 Å². The Labute approximate surface area is 173 Å². The van der Waals surface area contributed by atoms with Crippen LogP contribution in [0, 0.1) is 6.92 Å². The number of benzene rings is 2. The molecule has 0 spiro atoms. The topological polar surface area (TPSA) is 80.6 Å². The second-order valence-electron chi connectivity index (χ2n) is 6.47. The minimum Gasteiger partial charge on any atom is -0.481 e. The molecule has 1 atom stereocenters. The van der Waals surface area contributed by atoms with E-state index in [1.807, 2.05) is 6.92 Å². The van der Waals surface area contributed by atoms with Crippen LogP contribution in [-0.2, 0) is 11.3 Å². The van der Waals surface area contributed by atoms with E-state index in [-0.39, 0.29) is 18.4 Å². The molecule has 0 radical (unpaired) electrons. The molecule has 0 aliphatic carbocycles. The van der Waals surface area contributed by atoms with Crippen LogP contribution in [0.4, 0.5) is 5.69 Å². The number of amides is 2. The summed E-state index contributed by atoms with van der Waals surface area (Å²) >= 11 is 6.01. The van der Waals surface area contributed by atoms with Gasteiger partial charge in [-0.05, 0) is 61.9 Å². The monoisotopic (exact) mass is 412 g/mol. The van der Waals surface area contributed by atoms with E-state index in [0.717, 1.165) is 5.56 Å². The number of carbonyl (C=O) groups is 2. The summed E-state index contributed by atoms with van der Waals surface area (Å²) < 4.78 is 10.9. The van der Waals surface area contributed by atoms with Crippen molar-refractivity contribution >= 4 is 29.1 Å². The lowest BCUT2D eigenvalue weighted by Crippen LogP contribution is -2.31. The predicted molar refractivity (Wildman–Crippen MR) is 111 cm³/mol. The van der Waals surface area contributed by atoms with Crippen molar-refractivity contribution in [3.05, 3.63) is 82.8 Å². The molecule has 29 heavy (non-hydrogen) atoms. The van der Waals surface area contributed by atoms with Gasteiger partial charge in [0.15, 0.2) is 6.10 Å². The maximum Gasteiger partial charge on any atom is 0.265 e. The first-order chi connectivity index (χ1) is 13.9. The van der Waals surface area contributed by atoms with Crippen molar-refractivity contribution in [3.63, 3.8) is 0 Å². The first kappa shape index (κ1) is 20.5. The molecule has 0 fully saturated rings. The van der Waals surface area contributed by atoms with Crippen LogP contribution in [0.3, 0.4) is 0 Å². The highest BCUT2D eigenvalue weighted by Gasteiger charge is 2.19. The molecule has 3 rings (SSSR count). The number of ether oxygens (including phenoxy) is 1. The fourth-order valence-electron chi connectivity index (χ4n) is 2.65. The summed E-state index contributed by atoms with van der Waals surface area (Å²) in [5.74, 6) is 0.488. The molecule has 1 aromatic heterocycles. The Bertz CT molecular complexity index is 1000. The third kappa shape index (κ3) is 5.39. The zero-order chi connectivity index (χ0) is 20.8. The number of para-hydroxylation sites is 1. The van der Waals surface area contributed by atoms with Gasteiger partial charge in [0.25, 0.3) is 11.8 Å². The Kier molecular flexibility index (Phi) is 6.57. The lowest BCUT2D eigenvalue weighted by molar-refractivity contribution is -0.122. The summed E-state index contributed by atoms with van der Waals surface area (Å²) in [6, 6.07) is 15.5. The Morgan fingerprint density at radius 2 is 1.93 bits per heavy atom.